The van der Waals surface area contributed by atoms with Crippen LogP contribution in [0, 0.1) is 0 Å². The van der Waals surface area contributed by atoms with Crippen molar-refractivity contribution in [1.29, 1.82) is 0 Å². The Morgan fingerprint density at radius 1 is 1.29 bits per heavy atom. The summed E-state index contributed by atoms with van der Waals surface area (Å²) in [5.74, 6) is 0. The fraction of sp³-hybridized carbons (Fsp3) is 0. The molecule has 6 nitrogen and oxygen atoms in total. The summed E-state index contributed by atoms with van der Waals surface area (Å²) in [5, 5.41) is 9.36. The van der Waals surface area contributed by atoms with Crippen molar-refractivity contribution in [1.82, 2.24) is 24.3 Å². The highest BCUT2D eigenvalue weighted by molar-refractivity contribution is 14.2. The maximum atomic E-state index is 6.02. The fourth-order valence-electron chi connectivity index (χ4n) is 1.68. The van der Waals surface area contributed by atoms with Gasteiger partial charge >= 0.3 is 0 Å². The Morgan fingerprint density at radius 2 is 2.18 bits per heavy atom. The van der Waals surface area contributed by atoms with Gasteiger partial charge < -0.3 is 5.73 Å². The van der Waals surface area contributed by atoms with Crippen LogP contribution in [-0.4, -0.2) is 24.3 Å². The van der Waals surface area contributed by atoms with Crippen LogP contribution in [-0.2, 0) is 0 Å². The van der Waals surface area contributed by atoms with E-state index in [0.717, 1.165) is 16.6 Å². The molecule has 0 bridgehead atoms. The Labute approximate surface area is 112 Å². The smallest absolute Gasteiger partial charge is 0.138 e. The highest BCUT2D eigenvalue weighted by atomic mass is 127. The summed E-state index contributed by atoms with van der Waals surface area (Å²) in [6.45, 7) is 0. The highest BCUT2D eigenvalue weighted by Gasteiger charge is 2.08. The van der Waals surface area contributed by atoms with Gasteiger partial charge in [0.1, 0.15) is 12.7 Å². The zero-order valence-corrected chi connectivity index (χ0v) is 11.7. The van der Waals surface area contributed by atoms with Crippen LogP contribution in [0.3, 0.4) is 0 Å². The second-order valence-electron chi connectivity index (χ2n) is 3.45. The molecule has 3 aromatic rings. The number of benzene rings is 1. The Morgan fingerprint density at radius 3 is 2.88 bits per heavy atom. The van der Waals surface area contributed by atoms with E-state index < -0.39 is 0 Å². The van der Waals surface area contributed by atoms with Crippen molar-refractivity contribution >= 4 is 45.0 Å². The summed E-state index contributed by atoms with van der Waals surface area (Å²) >= 11 is 2.29. The van der Waals surface area contributed by atoms with Crippen LogP contribution in [0.25, 0.3) is 16.6 Å². The minimum atomic E-state index is 0.541. The molecular weight excluding hydrogens is 350 g/mol. The second kappa shape index (κ2) is 4.23. The average molecular weight is 358 g/mol. The summed E-state index contributed by atoms with van der Waals surface area (Å²) in [7, 11) is 0. The van der Waals surface area contributed by atoms with Gasteiger partial charge in [-0.05, 0) is 34.2 Å². The van der Waals surface area contributed by atoms with Crippen molar-refractivity contribution in [3.8, 4) is 5.69 Å². The van der Waals surface area contributed by atoms with E-state index in [-0.39, 0.29) is 0 Å². The van der Waals surface area contributed by atoms with E-state index >= 15 is 0 Å². The molecule has 0 aliphatic heterocycles. The van der Waals surface area contributed by atoms with Crippen molar-refractivity contribution in [2.45, 2.75) is 0 Å². The van der Waals surface area contributed by atoms with Gasteiger partial charge in [0.05, 0.1) is 23.8 Å². The van der Waals surface area contributed by atoms with E-state index in [2.05, 4.69) is 37.2 Å². The van der Waals surface area contributed by atoms with E-state index in [1.54, 1.807) is 17.2 Å². The summed E-state index contributed by atoms with van der Waals surface area (Å²) in [6, 6.07) is 3.89. The lowest BCUT2D eigenvalue weighted by Gasteiger charge is -2.04. The van der Waals surface area contributed by atoms with E-state index in [4.69, 9.17) is 5.73 Å². The summed E-state index contributed by atoms with van der Waals surface area (Å²) in [4.78, 5) is 3.93. The first kappa shape index (κ1) is 10.9. The maximum Gasteiger partial charge on any atom is 0.138 e. The molecule has 0 spiro atoms. The molecule has 0 radical (unpaired) electrons. The van der Waals surface area contributed by atoms with Crippen LogP contribution in [0.2, 0.25) is 0 Å². The van der Waals surface area contributed by atoms with E-state index in [0.29, 0.717) is 12.1 Å². The zero-order chi connectivity index (χ0) is 11.8. The van der Waals surface area contributed by atoms with Gasteiger partial charge in [-0.1, -0.05) is 0 Å². The first-order valence-electron chi connectivity index (χ1n) is 4.78. The summed E-state index contributed by atoms with van der Waals surface area (Å²) in [6.07, 6.45) is 5.48. The van der Waals surface area contributed by atoms with Gasteiger partial charge in [-0.2, -0.15) is 10.2 Å². The molecule has 0 saturated carbocycles. The SMILES string of the molecule is Nc1cc(-n2cncn2)cc2c1cnn2PI. The number of rotatable bonds is 2. The molecule has 2 aromatic heterocycles. The largest absolute Gasteiger partial charge is 0.398 e. The standard InChI is InChI=1S/C9H8IN6P/c10-17-16-9-2-6(15-5-12-4-14-15)1-8(11)7(9)3-13-16/h1-5,17H,11H2. The molecule has 0 aliphatic rings. The van der Waals surface area contributed by atoms with Crippen LogP contribution in [0.4, 0.5) is 5.69 Å². The molecule has 86 valence electrons. The minimum Gasteiger partial charge on any atom is -0.398 e. The van der Waals surface area contributed by atoms with Crippen molar-refractivity contribution in [2.24, 2.45) is 0 Å². The number of nitrogens with two attached hydrogens (primary N) is 1. The van der Waals surface area contributed by atoms with E-state index in [1.165, 1.54) is 6.33 Å². The molecule has 17 heavy (non-hydrogen) atoms. The number of anilines is 1. The normalized spacial score (nSPS) is 11.8. The molecule has 0 saturated heterocycles. The molecule has 2 N–H and O–H groups in total. The van der Waals surface area contributed by atoms with Crippen molar-refractivity contribution in [3.05, 3.63) is 31.0 Å². The Hall–Kier alpha value is -1.21. The molecule has 2 heterocycles. The molecule has 1 atom stereocenters. The monoisotopic (exact) mass is 358 g/mol. The van der Waals surface area contributed by atoms with Gasteiger partial charge in [0.2, 0.25) is 0 Å². The predicted octanol–water partition coefficient (Wildman–Crippen LogP) is 1.99. The van der Waals surface area contributed by atoms with Gasteiger partial charge in [-0.3, -0.25) is 0 Å². The Kier molecular flexibility index (Phi) is 2.71. The number of nitrogens with zero attached hydrogens (tertiary/aromatic N) is 5. The fourth-order valence-corrected chi connectivity index (χ4v) is 3.21. The van der Waals surface area contributed by atoms with Gasteiger partial charge in [0.25, 0.3) is 0 Å². The van der Waals surface area contributed by atoms with Crippen LogP contribution < -0.4 is 5.73 Å². The first-order chi connectivity index (χ1) is 8.29. The van der Waals surface area contributed by atoms with Crippen LogP contribution in [0.1, 0.15) is 0 Å². The number of hydrogen-bond acceptors (Lipinski definition) is 4. The topological polar surface area (TPSA) is 74.6 Å². The van der Waals surface area contributed by atoms with Gasteiger partial charge in [-0.25, -0.2) is 14.1 Å². The number of fused-ring (bicyclic) bond motifs is 1. The molecule has 0 fully saturated rings. The highest BCUT2D eigenvalue weighted by Crippen LogP contribution is 2.32. The van der Waals surface area contributed by atoms with Crippen LogP contribution >= 0.6 is 28.4 Å². The summed E-state index contributed by atoms with van der Waals surface area (Å²) < 4.78 is 3.61. The third-order valence-electron chi connectivity index (χ3n) is 2.47. The lowest BCUT2D eigenvalue weighted by Crippen LogP contribution is -1.97. The first-order valence-corrected chi connectivity index (χ1v) is 8.84. The molecule has 0 amide bonds. The summed E-state index contributed by atoms with van der Waals surface area (Å²) in [5.41, 5.74) is 8.63. The molecule has 0 aliphatic carbocycles. The van der Waals surface area contributed by atoms with E-state index in [9.17, 15) is 0 Å². The number of halogens is 1. The quantitative estimate of drug-likeness (QED) is 0.432. The molecule has 1 unspecified atom stereocenters. The average Bonchev–Trinajstić information content (AvgIpc) is 2.97. The second-order valence-corrected chi connectivity index (χ2v) is 5.49. The predicted molar refractivity (Wildman–Crippen MR) is 76.8 cm³/mol. The molecule has 1 aromatic carbocycles. The lowest BCUT2D eigenvalue weighted by molar-refractivity contribution is 0.880. The maximum absolute atomic E-state index is 6.02. The van der Waals surface area contributed by atoms with Crippen molar-refractivity contribution < 1.29 is 0 Å². The number of hydrogen-bond donors (Lipinski definition) is 1. The van der Waals surface area contributed by atoms with Gasteiger partial charge in [0, 0.05) is 11.1 Å². The zero-order valence-electron chi connectivity index (χ0n) is 8.58. The minimum absolute atomic E-state index is 0.541. The number of nitrogen functional groups attached to an aromatic ring is 1. The van der Waals surface area contributed by atoms with Crippen molar-refractivity contribution in [3.63, 3.8) is 0 Å². The molecule has 3 rings (SSSR count). The van der Waals surface area contributed by atoms with Gasteiger partial charge in [-0.15, -0.1) is 0 Å². The molecular formula is C9H8IN6P. The third-order valence-corrected chi connectivity index (χ3v) is 4.36. The Bertz CT molecular complexity index is 661. The van der Waals surface area contributed by atoms with Crippen LogP contribution in [0.15, 0.2) is 31.0 Å². The number of aromatic nitrogens is 5. The van der Waals surface area contributed by atoms with Crippen LogP contribution in [0.5, 0.6) is 0 Å². The van der Waals surface area contributed by atoms with Crippen molar-refractivity contribution in [2.75, 3.05) is 5.73 Å². The van der Waals surface area contributed by atoms with Gasteiger partial charge in [0.15, 0.2) is 0 Å². The van der Waals surface area contributed by atoms with E-state index in [1.807, 2.05) is 16.6 Å². The Balaban J connectivity index is 2.28. The lowest BCUT2D eigenvalue weighted by atomic mass is 10.2. The molecule has 8 heteroatoms. The third kappa shape index (κ3) is 1.79.